The Labute approximate surface area is 106 Å². The molecule has 17 heavy (non-hydrogen) atoms. The smallest absolute Gasteiger partial charge is 0.227 e. The second kappa shape index (κ2) is 5.96. The highest BCUT2D eigenvalue weighted by Gasteiger charge is 2.43. The van der Waals surface area contributed by atoms with Crippen molar-refractivity contribution in [1.29, 1.82) is 0 Å². The number of nitrogens with one attached hydrogen (secondary N) is 1. The van der Waals surface area contributed by atoms with Crippen LogP contribution in [0.2, 0.25) is 0 Å². The Morgan fingerprint density at radius 1 is 1.65 bits per heavy atom. The van der Waals surface area contributed by atoms with E-state index in [1.807, 2.05) is 13.8 Å². The van der Waals surface area contributed by atoms with Crippen molar-refractivity contribution < 1.29 is 9.00 Å². The van der Waals surface area contributed by atoms with Gasteiger partial charge in [-0.2, -0.15) is 0 Å². The van der Waals surface area contributed by atoms with Crippen LogP contribution >= 0.6 is 0 Å². The Balaban J connectivity index is 2.45. The summed E-state index contributed by atoms with van der Waals surface area (Å²) < 4.78 is 11.0. The molecule has 4 atom stereocenters. The zero-order chi connectivity index (χ0) is 13.1. The van der Waals surface area contributed by atoms with E-state index in [1.165, 1.54) is 0 Å². The topological polar surface area (TPSA) is 72.2 Å². The molecule has 0 bridgehead atoms. The van der Waals surface area contributed by atoms with Crippen molar-refractivity contribution in [1.82, 2.24) is 5.32 Å². The average molecular weight is 260 g/mol. The third kappa shape index (κ3) is 3.78. The molecule has 100 valence electrons. The van der Waals surface area contributed by atoms with Gasteiger partial charge in [0.1, 0.15) is 0 Å². The van der Waals surface area contributed by atoms with E-state index in [1.54, 1.807) is 6.26 Å². The normalized spacial score (nSPS) is 32.1. The van der Waals surface area contributed by atoms with Crippen LogP contribution < -0.4 is 11.1 Å². The van der Waals surface area contributed by atoms with Crippen molar-refractivity contribution in [3.63, 3.8) is 0 Å². The van der Waals surface area contributed by atoms with E-state index in [0.29, 0.717) is 5.75 Å². The summed E-state index contributed by atoms with van der Waals surface area (Å²) in [5.41, 5.74) is 5.59. The summed E-state index contributed by atoms with van der Waals surface area (Å²) in [6, 6.07) is 0.0334. The van der Waals surface area contributed by atoms with Gasteiger partial charge in [0.2, 0.25) is 5.91 Å². The molecule has 1 fully saturated rings. The van der Waals surface area contributed by atoms with Gasteiger partial charge >= 0.3 is 0 Å². The minimum Gasteiger partial charge on any atom is -0.353 e. The Morgan fingerprint density at radius 3 is 2.76 bits per heavy atom. The lowest BCUT2D eigenvalue weighted by atomic mass is 9.84. The van der Waals surface area contributed by atoms with Crippen molar-refractivity contribution in [3.05, 3.63) is 0 Å². The number of hydrogen-bond donors (Lipinski definition) is 2. The molecule has 0 heterocycles. The van der Waals surface area contributed by atoms with Gasteiger partial charge in [-0.05, 0) is 33.1 Å². The molecule has 4 nitrogen and oxygen atoms in total. The van der Waals surface area contributed by atoms with Gasteiger partial charge in [0, 0.05) is 34.9 Å². The first-order chi connectivity index (χ1) is 7.86. The molecular weight excluding hydrogens is 236 g/mol. The highest BCUT2D eigenvalue weighted by molar-refractivity contribution is 7.84. The zero-order valence-corrected chi connectivity index (χ0v) is 11.8. The van der Waals surface area contributed by atoms with E-state index in [0.717, 1.165) is 25.7 Å². The van der Waals surface area contributed by atoms with Crippen molar-refractivity contribution in [3.8, 4) is 0 Å². The third-order valence-corrected chi connectivity index (χ3v) is 4.57. The first-order valence-electron chi connectivity index (χ1n) is 6.23. The Hall–Kier alpha value is -0.420. The molecule has 0 aromatic carbocycles. The van der Waals surface area contributed by atoms with Gasteiger partial charge in [-0.25, -0.2) is 0 Å². The summed E-state index contributed by atoms with van der Waals surface area (Å²) in [5, 5.41) is 2.99. The number of amides is 1. The van der Waals surface area contributed by atoms with E-state index in [2.05, 4.69) is 5.32 Å². The van der Waals surface area contributed by atoms with Crippen molar-refractivity contribution in [2.24, 2.45) is 11.1 Å². The van der Waals surface area contributed by atoms with Gasteiger partial charge < -0.3 is 11.1 Å². The van der Waals surface area contributed by atoms with Gasteiger partial charge in [0.25, 0.3) is 0 Å². The van der Waals surface area contributed by atoms with Crippen LogP contribution in [-0.4, -0.2) is 34.2 Å². The second-order valence-corrected chi connectivity index (χ2v) is 6.91. The minimum absolute atomic E-state index is 0.0324. The lowest BCUT2D eigenvalue weighted by Crippen LogP contribution is -2.49. The van der Waals surface area contributed by atoms with Crippen LogP contribution in [0, 0.1) is 5.41 Å². The summed E-state index contributed by atoms with van der Waals surface area (Å²) in [5.74, 6) is 0.682. The fraction of sp³-hybridized carbons (Fsp3) is 0.917. The van der Waals surface area contributed by atoms with E-state index in [-0.39, 0.29) is 18.0 Å². The van der Waals surface area contributed by atoms with Gasteiger partial charge in [0.05, 0.1) is 5.41 Å². The molecule has 0 aliphatic heterocycles. The van der Waals surface area contributed by atoms with Crippen LogP contribution in [0.15, 0.2) is 0 Å². The predicted octanol–water partition coefficient (Wildman–Crippen LogP) is 0.777. The molecule has 1 aliphatic carbocycles. The number of carbonyl (C=O) groups excluding carboxylic acids is 1. The number of hydrogen-bond acceptors (Lipinski definition) is 3. The monoisotopic (exact) mass is 260 g/mol. The molecule has 1 amide bonds. The van der Waals surface area contributed by atoms with Crippen LogP contribution in [0.3, 0.4) is 0 Å². The molecule has 1 rings (SSSR count). The molecule has 1 aliphatic rings. The number of nitrogens with two attached hydrogens (primary N) is 1. The molecule has 0 saturated heterocycles. The summed E-state index contributed by atoms with van der Waals surface area (Å²) in [6.45, 7) is 3.90. The fourth-order valence-corrected chi connectivity index (χ4v) is 2.96. The highest BCUT2D eigenvalue weighted by atomic mass is 32.2. The second-order valence-electron chi connectivity index (χ2n) is 5.36. The maximum absolute atomic E-state index is 12.2. The largest absolute Gasteiger partial charge is 0.353 e. The minimum atomic E-state index is -0.796. The predicted molar refractivity (Wildman–Crippen MR) is 71.1 cm³/mol. The molecule has 0 aromatic heterocycles. The van der Waals surface area contributed by atoms with Gasteiger partial charge in [-0.15, -0.1) is 0 Å². The SMILES string of the molecule is CC(CCS(C)=O)NC(=O)C1(C)CCCC1N. The van der Waals surface area contributed by atoms with Crippen LogP contribution in [0.4, 0.5) is 0 Å². The fourth-order valence-electron chi connectivity index (χ4n) is 2.28. The van der Waals surface area contributed by atoms with E-state index in [9.17, 15) is 9.00 Å². The molecule has 1 saturated carbocycles. The third-order valence-electron chi connectivity index (χ3n) is 3.76. The van der Waals surface area contributed by atoms with Crippen LogP contribution in [-0.2, 0) is 15.6 Å². The molecule has 4 unspecified atom stereocenters. The van der Waals surface area contributed by atoms with Gasteiger partial charge in [-0.1, -0.05) is 6.42 Å². The van der Waals surface area contributed by atoms with Gasteiger partial charge in [-0.3, -0.25) is 9.00 Å². The summed E-state index contributed by atoms with van der Waals surface area (Å²) in [7, 11) is -0.796. The van der Waals surface area contributed by atoms with E-state index < -0.39 is 16.2 Å². The molecule has 0 spiro atoms. The van der Waals surface area contributed by atoms with Crippen LogP contribution in [0.5, 0.6) is 0 Å². The van der Waals surface area contributed by atoms with Crippen molar-refractivity contribution in [2.45, 2.75) is 51.6 Å². The van der Waals surface area contributed by atoms with E-state index in [4.69, 9.17) is 5.73 Å². The first-order valence-corrected chi connectivity index (χ1v) is 7.95. The standard InChI is InChI=1S/C12H24N2O2S/c1-9(6-8-17(3)16)14-11(15)12(2)7-4-5-10(12)13/h9-10H,4-8,13H2,1-3H3,(H,14,15). The lowest BCUT2D eigenvalue weighted by Gasteiger charge is -2.29. The number of carbonyl (C=O) groups is 1. The van der Waals surface area contributed by atoms with Crippen LogP contribution in [0.25, 0.3) is 0 Å². The average Bonchev–Trinajstić information content (AvgIpc) is 2.58. The molecule has 0 radical (unpaired) electrons. The molecule has 5 heteroatoms. The summed E-state index contributed by atoms with van der Waals surface area (Å²) >= 11 is 0. The van der Waals surface area contributed by atoms with Crippen LogP contribution in [0.1, 0.15) is 39.5 Å². The zero-order valence-electron chi connectivity index (χ0n) is 11.0. The van der Waals surface area contributed by atoms with E-state index >= 15 is 0 Å². The lowest BCUT2D eigenvalue weighted by molar-refractivity contribution is -0.131. The first kappa shape index (κ1) is 14.6. The highest BCUT2D eigenvalue weighted by Crippen LogP contribution is 2.36. The molecular formula is C12H24N2O2S. The van der Waals surface area contributed by atoms with Crippen molar-refractivity contribution >= 4 is 16.7 Å². The number of rotatable bonds is 5. The van der Waals surface area contributed by atoms with Gasteiger partial charge in [0.15, 0.2) is 0 Å². The molecule has 3 N–H and O–H groups in total. The Bertz CT molecular complexity index is 309. The maximum atomic E-state index is 12.2. The summed E-state index contributed by atoms with van der Waals surface area (Å²) in [6.07, 6.45) is 5.26. The maximum Gasteiger partial charge on any atom is 0.227 e. The summed E-state index contributed by atoms with van der Waals surface area (Å²) in [4.78, 5) is 12.2. The molecule has 0 aromatic rings. The van der Waals surface area contributed by atoms with Crippen molar-refractivity contribution in [2.75, 3.05) is 12.0 Å². The Kier molecular flexibility index (Phi) is 5.13. The quantitative estimate of drug-likeness (QED) is 0.767. The Morgan fingerprint density at radius 2 is 2.29 bits per heavy atom.